The van der Waals surface area contributed by atoms with Gasteiger partial charge in [0.2, 0.25) is 0 Å². The fourth-order valence-electron chi connectivity index (χ4n) is 0.927. The van der Waals surface area contributed by atoms with Crippen molar-refractivity contribution in [2.24, 2.45) is 0 Å². The molecule has 0 heterocycles. The average molecular weight is 246 g/mol. The highest BCUT2D eigenvalue weighted by atomic mass is 16.6. The molecule has 0 bridgehead atoms. The van der Waals surface area contributed by atoms with Crippen molar-refractivity contribution in [2.45, 2.75) is 39.7 Å². The highest BCUT2D eigenvalue weighted by molar-refractivity contribution is 5.69. The topological polar surface area (TPSA) is 78.9 Å². The number of ether oxygens (including phenoxy) is 3. The molecule has 98 valence electrons. The highest BCUT2D eigenvalue weighted by Gasteiger charge is 2.16. The molecule has 17 heavy (non-hydrogen) atoms. The Labute approximate surface area is 100 Å². The van der Waals surface area contributed by atoms with Crippen LogP contribution in [-0.2, 0) is 28.6 Å². The Hall–Kier alpha value is -1.59. The fourth-order valence-corrected chi connectivity index (χ4v) is 0.927. The minimum Gasteiger partial charge on any atom is -0.462 e. The molecule has 0 spiro atoms. The van der Waals surface area contributed by atoms with E-state index in [0.717, 1.165) is 0 Å². The molecule has 0 aromatic rings. The third-order valence-corrected chi connectivity index (χ3v) is 1.77. The molecule has 0 rings (SSSR count). The number of carbonyl (C=O) groups is 3. The standard InChI is InChI=1S/C11H18O6/c1-4-10(13)15-6-9(17-8(3)12)7-16-11(14)5-2/h9H,4-7H2,1-3H3. The van der Waals surface area contributed by atoms with Gasteiger partial charge in [0.15, 0.2) is 6.10 Å². The van der Waals surface area contributed by atoms with E-state index >= 15 is 0 Å². The van der Waals surface area contributed by atoms with Crippen LogP contribution in [0.2, 0.25) is 0 Å². The molecule has 0 saturated heterocycles. The van der Waals surface area contributed by atoms with Gasteiger partial charge in [0, 0.05) is 19.8 Å². The van der Waals surface area contributed by atoms with Crippen molar-refractivity contribution < 1.29 is 28.6 Å². The van der Waals surface area contributed by atoms with E-state index in [0.29, 0.717) is 0 Å². The van der Waals surface area contributed by atoms with Gasteiger partial charge in [-0.05, 0) is 0 Å². The van der Waals surface area contributed by atoms with Crippen molar-refractivity contribution in [3.05, 3.63) is 0 Å². The summed E-state index contributed by atoms with van der Waals surface area (Å²) in [6.07, 6.45) is -0.276. The zero-order chi connectivity index (χ0) is 13.3. The van der Waals surface area contributed by atoms with Crippen molar-refractivity contribution in [1.29, 1.82) is 0 Å². The Kier molecular flexibility index (Phi) is 7.75. The Bertz CT molecular complexity index is 253. The molecule has 0 aliphatic heterocycles. The third kappa shape index (κ3) is 8.24. The van der Waals surface area contributed by atoms with E-state index in [9.17, 15) is 14.4 Å². The summed E-state index contributed by atoms with van der Waals surface area (Å²) >= 11 is 0. The van der Waals surface area contributed by atoms with Crippen molar-refractivity contribution in [2.75, 3.05) is 13.2 Å². The molecule has 0 aromatic heterocycles. The van der Waals surface area contributed by atoms with Gasteiger partial charge in [-0.1, -0.05) is 13.8 Å². The zero-order valence-electron chi connectivity index (χ0n) is 10.4. The lowest BCUT2D eigenvalue weighted by Crippen LogP contribution is -2.29. The van der Waals surface area contributed by atoms with Gasteiger partial charge in [0.05, 0.1) is 0 Å². The maximum absolute atomic E-state index is 10.9. The van der Waals surface area contributed by atoms with Gasteiger partial charge in [0.1, 0.15) is 13.2 Å². The van der Waals surface area contributed by atoms with E-state index in [1.165, 1.54) is 6.92 Å². The third-order valence-electron chi connectivity index (χ3n) is 1.77. The Balaban J connectivity index is 4.09. The van der Waals surface area contributed by atoms with E-state index < -0.39 is 24.0 Å². The molecule has 0 fully saturated rings. The normalized spacial score (nSPS) is 9.88. The number of esters is 3. The van der Waals surface area contributed by atoms with Crippen LogP contribution in [-0.4, -0.2) is 37.2 Å². The van der Waals surface area contributed by atoms with Gasteiger partial charge >= 0.3 is 17.9 Å². The van der Waals surface area contributed by atoms with E-state index in [2.05, 4.69) is 0 Å². The molecular weight excluding hydrogens is 228 g/mol. The lowest BCUT2D eigenvalue weighted by atomic mass is 10.4. The van der Waals surface area contributed by atoms with Gasteiger partial charge < -0.3 is 14.2 Å². The second-order valence-electron chi connectivity index (χ2n) is 3.30. The molecule has 6 nitrogen and oxygen atoms in total. The summed E-state index contributed by atoms with van der Waals surface area (Å²) in [7, 11) is 0. The summed E-state index contributed by atoms with van der Waals surface area (Å²) in [5, 5.41) is 0. The summed E-state index contributed by atoms with van der Waals surface area (Å²) in [4.78, 5) is 32.6. The first-order valence-corrected chi connectivity index (χ1v) is 5.48. The second kappa shape index (κ2) is 8.55. The molecule has 0 radical (unpaired) electrons. The number of rotatable bonds is 7. The average Bonchev–Trinajstić information content (AvgIpc) is 2.30. The molecule has 0 aliphatic rings. The molecular formula is C11H18O6. The fraction of sp³-hybridized carbons (Fsp3) is 0.727. The Morgan fingerprint density at radius 1 is 0.941 bits per heavy atom. The van der Waals surface area contributed by atoms with Gasteiger partial charge in [-0.3, -0.25) is 14.4 Å². The lowest BCUT2D eigenvalue weighted by Gasteiger charge is -2.16. The first-order chi connectivity index (χ1) is 7.99. The van der Waals surface area contributed by atoms with Gasteiger partial charge in [-0.15, -0.1) is 0 Å². The van der Waals surface area contributed by atoms with Crippen LogP contribution in [0.15, 0.2) is 0 Å². The Morgan fingerprint density at radius 2 is 1.35 bits per heavy atom. The van der Waals surface area contributed by atoms with E-state index in [-0.39, 0.29) is 26.1 Å². The van der Waals surface area contributed by atoms with E-state index in [4.69, 9.17) is 14.2 Å². The predicted molar refractivity (Wildman–Crippen MR) is 58.1 cm³/mol. The first-order valence-electron chi connectivity index (χ1n) is 5.48. The van der Waals surface area contributed by atoms with Crippen LogP contribution >= 0.6 is 0 Å². The first kappa shape index (κ1) is 15.4. The highest BCUT2D eigenvalue weighted by Crippen LogP contribution is 1.99. The van der Waals surface area contributed by atoms with E-state index in [1.807, 2.05) is 0 Å². The Morgan fingerprint density at radius 3 is 1.65 bits per heavy atom. The van der Waals surface area contributed by atoms with Crippen LogP contribution in [0.5, 0.6) is 0 Å². The molecule has 0 aliphatic carbocycles. The summed E-state index contributed by atoms with van der Waals surface area (Å²) < 4.78 is 14.5. The van der Waals surface area contributed by atoms with Crippen molar-refractivity contribution in [3.63, 3.8) is 0 Å². The molecule has 0 unspecified atom stereocenters. The van der Waals surface area contributed by atoms with Crippen LogP contribution < -0.4 is 0 Å². The smallest absolute Gasteiger partial charge is 0.305 e. The zero-order valence-corrected chi connectivity index (χ0v) is 10.4. The van der Waals surface area contributed by atoms with Crippen LogP contribution in [0.4, 0.5) is 0 Å². The van der Waals surface area contributed by atoms with Crippen LogP contribution in [0.1, 0.15) is 33.6 Å². The lowest BCUT2D eigenvalue weighted by molar-refractivity contribution is -0.165. The van der Waals surface area contributed by atoms with Crippen LogP contribution in [0.3, 0.4) is 0 Å². The number of carbonyl (C=O) groups excluding carboxylic acids is 3. The summed E-state index contributed by atoms with van der Waals surface area (Å²) in [6, 6.07) is 0. The van der Waals surface area contributed by atoms with Gasteiger partial charge in [-0.25, -0.2) is 0 Å². The molecule has 6 heteroatoms. The molecule has 0 aromatic carbocycles. The maximum atomic E-state index is 10.9. The van der Waals surface area contributed by atoms with Crippen molar-refractivity contribution >= 4 is 17.9 Å². The van der Waals surface area contributed by atoms with Crippen molar-refractivity contribution in [3.8, 4) is 0 Å². The quantitative estimate of drug-likeness (QED) is 0.489. The summed E-state index contributed by atoms with van der Waals surface area (Å²) in [5.41, 5.74) is 0. The van der Waals surface area contributed by atoms with Crippen molar-refractivity contribution in [1.82, 2.24) is 0 Å². The SMILES string of the molecule is CCC(=O)OCC(COC(=O)CC)OC(C)=O. The molecule has 0 amide bonds. The maximum Gasteiger partial charge on any atom is 0.305 e. The molecule has 0 N–H and O–H groups in total. The predicted octanol–water partition coefficient (Wildman–Crippen LogP) is 0.825. The molecule has 0 saturated carbocycles. The number of hydrogen-bond acceptors (Lipinski definition) is 6. The van der Waals surface area contributed by atoms with Crippen LogP contribution in [0.25, 0.3) is 0 Å². The summed E-state index contributed by atoms with van der Waals surface area (Å²) in [5.74, 6) is -1.32. The van der Waals surface area contributed by atoms with Gasteiger partial charge in [0.25, 0.3) is 0 Å². The minimum atomic E-state index is -0.751. The van der Waals surface area contributed by atoms with E-state index in [1.54, 1.807) is 13.8 Å². The van der Waals surface area contributed by atoms with Gasteiger partial charge in [-0.2, -0.15) is 0 Å². The minimum absolute atomic E-state index is 0.108. The second-order valence-corrected chi connectivity index (χ2v) is 3.30. The molecule has 0 atom stereocenters. The monoisotopic (exact) mass is 246 g/mol. The number of hydrogen-bond donors (Lipinski definition) is 0. The van der Waals surface area contributed by atoms with Crippen LogP contribution in [0, 0.1) is 0 Å². The largest absolute Gasteiger partial charge is 0.462 e. The summed E-state index contributed by atoms with van der Waals surface area (Å²) in [6.45, 7) is 4.32.